The lowest BCUT2D eigenvalue weighted by molar-refractivity contribution is -0.113. The molecule has 0 atom stereocenters. The Labute approximate surface area is 185 Å². The van der Waals surface area contributed by atoms with Crippen LogP contribution in [0.4, 0.5) is 5.69 Å². The third-order valence-electron chi connectivity index (χ3n) is 4.49. The van der Waals surface area contributed by atoms with E-state index in [0.29, 0.717) is 28.7 Å². The molecule has 0 bridgehead atoms. The van der Waals surface area contributed by atoms with Crippen molar-refractivity contribution in [1.82, 2.24) is 10.3 Å². The van der Waals surface area contributed by atoms with Crippen LogP contribution < -0.4 is 10.6 Å². The minimum Gasteiger partial charge on any atom is -0.355 e. The highest BCUT2D eigenvalue weighted by Gasteiger charge is 2.09. The molecule has 0 aliphatic rings. The van der Waals surface area contributed by atoms with Crippen molar-refractivity contribution in [3.8, 4) is 10.6 Å². The second-order valence-corrected chi connectivity index (χ2v) is 8.97. The Kier molecular flexibility index (Phi) is 7.65. The van der Waals surface area contributed by atoms with Crippen LogP contribution >= 0.6 is 23.1 Å². The summed E-state index contributed by atoms with van der Waals surface area (Å²) in [5.74, 6) is 1.22. The maximum Gasteiger partial charge on any atom is 0.251 e. The zero-order valence-electron chi connectivity index (χ0n) is 17.3. The normalized spacial score (nSPS) is 10.8. The first-order chi connectivity index (χ1) is 14.5. The van der Waals surface area contributed by atoms with E-state index in [4.69, 9.17) is 4.98 Å². The standard InChI is InChI=1S/C23H25N3O2S2/c1-15(2)16-7-9-17(10-8-16)23-26-20(13-30-23)12-29-14-21(27)25-19-6-4-5-18(11-19)22(28)24-3/h4-11,13,15H,12,14H2,1-3H3,(H,24,28)(H,25,27). The molecule has 0 fully saturated rings. The molecule has 2 amide bonds. The number of nitrogens with zero attached hydrogens (tertiary/aromatic N) is 1. The maximum atomic E-state index is 12.2. The maximum absolute atomic E-state index is 12.2. The number of hydrogen-bond donors (Lipinski definition) is 2. The molecule has 30 heavy (non-hydrogen) atoms. The first kappa shape index (κ1) is 22.1. The lowest BCUT2D eigenvalue weighted by Gasteiger charge is -2.07. The first-order valence-corrected chi connectivity index (χ1v) is 11.7. The summed E-state index contributed by atoms with van der Waals surface area (Å²) >= 11 is 3.14. The summed E-state index contributed by atoms with van der Waals surface area (Å²) in [6.07, 6.45) is 0. The molecular weight excluding hydrogens is 414 g/mol. The van der Waals surface area contributed by atoms with Gasteiger partial charge in [0.2, 0.25) is 5.91 Å². The number of thioether (sulfide) groups is 1. The van der Waals surface area contributed by atoms with Gasteiger partial charge in [0.05, 0.1) is 11.4 Å². The number of anilines is 1. The molecule has 0 spiro atoms. The molecule has 3 rings (SSSR count). The number of hydrogen-bond acceptors (Lipinski definition) is 5. The molecule has 3 aromatic rings. The molecule has 1 aromatic heterocycles. The van der Waals surface area contributed by atoms with Crippen LogP contribution in [0.15, 0.2) is 53.9 Å². The summed E-state index contributed by atoms with van der Waals surface area (Å²) in [7, 11) is 1.58. The van der Waals surface area contributed by atoms with E-state index in [2.05, 4.69) is 48.7 Å². The van der Waals surface area contributed by atoms with Gasteiger partial charge in [0, 0.05) is 35.0 Å². The zero-order chi connectivity index (χ0) is 21.5. The smallest absolute Gasteiger partial charge is 0.251 e. The van der Waals surface area contributed by atoms with Gasteiger partial charge in [0.25, 0.3) is 5.91 Å². The van der Waals surface area contributed by atoms with E-state index in [0.717, 1.165) is 16.3 Å². The molecule has 5 nitrogen and oxygen atoms in total. The van der Waals surface area contributed by atoms with Crippen LogP contribution in [0.5, 0.6) is 0 Å². The number of carbonyl (C=O) groups is 2. The van der Waals surface area contributed by atoms with Crippen molar-refractivity contribution in [3.63, 3.8) is 0 Å². The van der Waals surface area contributed by atoms with Gasteiger partial charge in [-0.3, -0.25) is 9.59 Å². The Morgan fingerprint density at radius 2 is 1.90 bits per heavy atom. The second kappa shape index (κ2) is 10.4. The molecule has 7 heteroatoms. The summed E-state index contributed by atoms with van der Waals surface area (Å²) in [5, 5.41) is 8.45. The highest BCUT2D eigenvalue weighted by Crippen LogP contribution is 2.27. The van der Waals surface area contributed by atoms with Crippen LogP contribution in [0.1, 0.15) is 41.4 Å². The fraction of sp³-hybridized carbons (Fsp3) is 0.261. The molecule has 0 unspecified atom stereocenters. The third kappa shape index (κ3) is 5.93. The molecule has 2 aromatic carbocycles. The van der Waals surface area contributed by atoms with Gasteiger partial charge < -0.3 is 10.6 Å². The van der Waals surface area contributed by atoms with Crippen LogP contribution in [0, 0.1) is 0 Å². The van der Waals surface area contributed by atoms with Gasteiger partial charge in [-0.2, -0.15) is 0 Å². The van der Waals surface area contributed by atoms with Crippen molar-refractivity contribution in [1.29, 1.82) is 0 Å². The number of rotatable bonds is 8. The van der Waals surface area contributed by atoms with Crippen molar-refractivity contribution < 1.29 is 9.59 Å². The predicted octanol–water partition coefficient (Wildman–Crippen LogP) is 5.17. The summed E-state index contributed by atoms with van der Waals surface area (Å²) in [5.41, 5.74) is 4.54. The van der Waals surface area contributed by atoms with Crippen molar-refractivity contribution in [3.05, 3.63) is 70.7 Å². The average Bonchev–Trinajstić information content (AvgIpc) is 3.22. The topological polar surface area (TPSA) is 71.1 Å². The zero-order valence-corrected chi connectivity index (χ0v) is 18.9. The quantitative estimate of drug-likeness (QED) is 0.508. The summed E-state index contributed by atoms with van der Waals surface area (Å²) < 4.78 is 0. The van der Waals surface area contributed by atoms with Gasteiger partial charge >= 0.3 is 0 Å². The Balaban J connectivity index is 1.50. The number of carbonyl (C=O) groups excluding carboxylic acids is 2. The highest BCUT2D eigenvalue weighted by atomic mass is 32.2. The van der Waals surface area contributed by atoms with Crippen LogP contribution in [0.3, 0.4) is 0 Å². The fourth-order valence-electron chi connectivity index (χ4n) is 2.84. The van der Waals surface area contributed by atoms with Crippen molar-refractivity contribution in [2.45, 2.75) is 25.5 Å². The van der Waals surface area contributed by atoms with E-state index in [1.165, 1.54) is 17.3 Å². The molecule has 1 heterocycles. The van der Waals surface area contributed by atoms with Gasteiger partial charge in [-0.15, -0.1) is 23.1 Å². The van der Waals surface area contributed by atoms with Crippen molar-refractivity contribution in [2.75, 3.05) is 18.1 Å². The van der Waals surface area contributed by atoms with Gasteiger partial charge in [0.15, 0.2) is 0 Å². The molecule has 0 aliphatic carbocycles. The number of thiazole rings is 1. The summed E-state index contributed by atoms with van der Waals surface area (Å²) in [6.45, 7) is 4.37. The number of benzene rings is 2. The third-order valence-corrected chi connectivity index (χ3v) is 6.40. The molecule has 2 N–H and O–H groups in total. The van der Waals surface area contributed by atoms with Gasteiger partial charge in [-0.1, -0.05) is 44.2 Å². The molecule has 0 aliphatic heterocycles. The molecule has 156 valence electrons. The minimum atomic E-state index is -0.182. The van der Waals surface area contributed by atoms with Crippen molar-refractivity contribution >= 4 is 40.6 Å². The number of amides is 2. The van der Waals surface area contributed by atoms with E-state index < -0.39 is 0 Å². The summed E-state index contributed by atoms with van der Waals surface area (Å²) in [4.78, 5) is 28.6. The Hall–Kier alpha value is -2.64. The SMILES string of the molecule is CNC(=O)c1cccc(NC(=O)CSCc2csc(-c3ccc(C(C)C)cc3)n2)c1. The number of nitrogens with one attached hydrogen (secondary N) is 2. The Morgan fingerprint density at radius 3 is 2.60 bits per heavy atom. The van der Waals surface area contributed by atoms with Gasteiger partial charge in [-0.05, 0) is 29.7 Å². The lowest BCUT2D eigenvalue weighted by atomic mass is 10.0. The molecule has 0 saturated heterocycles. The molecule has 0 radical (unpaired) electrons. The van der Waals surface area contributed by atoms with Gasteiger partial charge in [0.1, 0.15) is 5.01 Å². The second-order valence-electron chi connectivity index (χ2n) is 7.12. The van der Waals surface area contributed by atoms with Crippen LogP contribution in [-0.4, -0.2) is 29.6 Å². The predicted molar refractivity (Wildman–Crippen MR) is 126 cm³/mol. The minimum absolute atomic E-state index is 0.103. The van der Waals surface area contributed by atoms with E-state index in [-0.39, 0.29) is 11.8 Å². The molecule has 0 saturated carbocycles. The average molecular weight is 440 g/mol. The largest absolute Gasteiger partial charge is 0.355 e. The van der Waals surface area contributed by atoms with Crippen LogP contribution in [-0.2, 0) is 10.5 Å². The van der Waals surface area contributed by atoms with E-state index in [1.807, 2.05) is 5.38 Å². The van der Waals surface area contributed by atoms with Crippen molar-refractivity contribution in [2.24, 2.45) is 0 Å². The van der Waals surface area contributed by atoms with Gasteiger partial charge in [-0.25, -0.2) is 4.98 Å². The van der Waals surface area contributed by atoms with Crippen LogP contribution in [0.25, 0.3) is 10.6 Å². The van der Waals surface area contributed by atoms with Crippen LogP contribution in [0.2, 0.25) is 0 Å². The monoisotopic (exact) mass is 439 g/mol. The Morgan fingerprint density at radius 1 is 1.13 bits per heavy atom. The fourth-order valence-corrected chi connectivity index (χ4v) is 4.49. The Bertz CT molecular complexity index is 1010. The van der Waals surface area contributed by atoms with E-state index in [9.17, 15) is 9.59 Å². The summed E-state index contributed by atoms with van der Waals surface area (Å²) in [6, 6.07) is 15.4. The molecular formula is C23H25N3O2S2. The highest BCUT2D eigenvalue weighted by molar-refractivity contribution is 7.99. The van der Waals surface area contributed by atoms with E-state index >= 15 is 0 Å². The van der Waals surface area contributed by atoms with E-state index in [1.54, 1.807) is 42.6 Å². The first-order valence-electron chi connectivity index (χ1n) is 9.70. The lowest BCUT2D eigenvalue weighted by Crippen LogP contribution is -2.19. The number of aromatic nitrogens is 1.